The number of carbonyl (C=O) groups is 2. The molecule has 0 amide bonds. The minimum absolute atomic E-state index is 0.0453. The van der Waals surface area contributed by atoms with Crippen molar-refractivity contribution in [1.29, 1.82) is 0 Å². The smallest absolute Gasteiger partial charge is 0.167 e. The molecule has 0 spiro atoms. The number of Topliss-reactive ketones (excluding diaryl/α,β-unsaturated/α-hetero) is 2. The molecule has 0 bridgehead atoms. The van der Waals surface area contributed by atoms with E-state index in [-0.39, 0.29) is 29.3 Å². The first-order chi connectivity index (χ1) is 10.8. The van der Waals surface area contributed by atoms with Crippen molar-refractivity contribution in [2.24, 2.45) is 35.0 Å². The van der Waals surface area contributed by atoms with E-state index in [9.17, 15) is 19.8 Å². The summed E-state index contributed by atoms with van der Waals surface area (Å²) in [5, 5.41) is 21.8. The van der Waals surface area contributed by atoms with Crippen LogP contribution in [0.4, 0.5) is 0 Å². The molecule has 138 valence electrons. The van der Waals surface area contributed by atoms with Crippen molar-refractivity contribution in [2.75, 3.05) is 0 Å². The van der Waals surface area contributed by atoms with Gasteiger partial charge in [-0.3, -0.25) is 9.59 Å². The van der Waals surface area contributed by atoms with Gasteiger partial charge in [-0.25, -0.2) is 0 Å². The Labute approximate surface area is 146 Å². The van der Waals surface area contributed by atoms with Gasteiger partial charge in [0.25, 0.3) is 0 Å². The molecule has 0 aliphatic heterocycles. The SMILES string of the molecule is CC[C@@H](C)[C@@H]1[C@@](C)(C(C)=O)[C@H]2[C@H](C)C[C@@](C)(O)C[C@@H]2C(=O)[C@@]1(C)O. The second kappa shape index (κ2) is 5.91. The van der Waals surface area contributed by atoms with Gasteiger partial charge in [0, 0.05) is 17.3 Å². The third-order valence-electron chi connectivity index (χ3n) is 7.22. The molecule has 8 atom stereocenters. The molecule has 2 aliphatic rings. The lowest BCUT2D eigenvalue weighted by molar-refractivity contribution is -0.204. The summed E-state index contributed by atoms with van der Waals surface area (Å²) in [6.07, 6.45) is 1.72. The van der Waals surface area contributed by atoms with Crippen molar-refractivity contribution >= 4 is 11.6 Å². The highest BCUT2D eigenvalue weighted by Crippen LogP contribution is 2.60. The predicted molar refractivity (Wildman–Crippen MR) is 93.4 cm³/mol. The Morgan fingerprint density at radius 2 is 1.79 bits per heavy atom. The van der Waals surface area contributed by atoms with Crippen molar-refractivity contribution in [2.45, 2.75) is 78.9 Å². The fraction of sp³-hybridized carbons (Fsp3) is 0.900. The van der Waals surface area contributed by atoms with E-state index in [0.717, 1.165) is 6.42 Å². The number of rotatable bonds is 3. The lowest BCUT2D eigenvalue weighted by Crippen LogP contribution is -2.68. The molecule has 4 heteroatoms. The van der Waals surface area contributed by atoms with Gasteiger partial charge in [0.05, 0.1) is 5.60 Å². The second-order valence-electron chi connectivity index (χ2n) is 9.23. The van der Waals surface area contributed by atoms with Crippen LogP contribution in [0.25, 0.3) is 0 Å². The zero-order chi connectivity index (χ0) is 18.7. The fourth-order valence-electron chi connectivity index (χ4n) is 6.32. The van der Waals surface area contributed by atoms with Crippen LogP contribution in [0.5, 0.6) is 0 Å². The van der Waals surface area contributed by atoms with Gasteiger partial charge in [-0.1, -0.05) is 34.1 Å². The maximum atomic E-state index is 13.2. The lowest BCUT2D eigenvalue weighted by atomic mass is 9.43. The van der Waals surface area contributed by atoms with Crippen molar-refractivity contribution in [1.82, 2.24) is 0 Å². The summed E-state index contributed by atoms with van der Waals surface area (Å²) in [7, 11) is 0. The molecule has 0 heterocycles. The van der Waals surface area contributed by atoms with Gasteiger partial charge < -0.3 is 10.2 Å². The molecule has 0 aromatic rings. The molecule has 4 nitrogen and oxygen atoms in total. The Bertz CT molecular complexity index is 536. The maximum Gasteiger partial charge on any atom is 0.167 e. The molecular formula is C20H34O4. The molecular weight excluding hydrogens is 304 g/mol. The van der Waals surface area contributed by atoms with Crippen molar-refractivity contribution < 1.29 is 19.8 Å². The van der Waals surface area contributed by atoms with Gasteiger partial charge in [-0.15, -0.1) is 0 Å². The van der Waals surface area contributed by atoms with Crippen molar-refractivity contribution in [3.05, 3.63) is 0 Å². The van der Waals surface area contributed by atoms with E-state index in [2.05, 4.69) is 0 Å². The topological polar surface area (TPSA) is 74.6 Å². The largest absolute Gasteiger partial charge is 0.390 e. The third kappa shape index (κ3) is 2.66. The van der Waals surface area contributed by atoms with E-state index < -0.39 is 28.5 Å². The molecule has 2 saturated carbocycles. The Balaban J connectivity index is 2.66. The summed E-state index contributed by atoms with van der Waals surface area (Å²) in [5.41, 5.74) is -3.22. The van der Waals surface area contributed by atoms with Gasteiger partial charge >= 0.3 is 0 Å². The molecule has 24 heavy (non-hydrogen) atoms. The number of fused-ring (bicyclic) bond motifs is 1. The average Bonchev–Trinajstić information content (AvgIpc) is 2.42. The fourth-order valence-corrected chi connectivity index (χ4v) is 6.32. The van der Waals surface area contributed by atoms with E-state index in [4.69, 9.17) is 0 Å². The number of ketones is 2. The molecule has 2 rings (SSSR count). The monoisotopic (exact) mass is 338 g/mol. The van der Waals surface area contributed by atoms with Gasteiger partial charge in [-0.05, 0) is 51.4 Å². The number of hydrogen-bond acceptors (Lipinski definition) is 4. The molecule has 0 unspecified atom stereocenters. The lowest BCUT2D eigenvalue weighted by Gasteiger charge is -2.61. The highest BCUT2D eigenvalue weighted by Gasteiger charge is 2.67. The van der Waals surface area contributed by atoms with Crippen LogP contribution < -0.4 is 0 Å². The Morgan fingerprint density at radius 3 is 2.25 bits per heavy atom. The molecule has 0 saturated heterocycles. The van der Waals surface area contributed by atoms with E-state index in [0.29, 0.717) is 12.8 Å². The first-order valence-electron chi connectivity index (χ1n) is 9.30. The minimum Gasteiger partial charge on any atom is -0.390 e. The molecule has 2 N–H and O–H groups in total. The van der Waals surface area contributed by atoms with Crippen LogP contribution in [0.3, 0.4) is 0 Å². The third-order valence-corrected chi connectivity index (χ3v) is 7.22. The zero-order valence-electron chi connectivity index (χ0n) is 16.2. The van der Waals surface area contributed by atoms with Crippen LogP contribution in [-0.2, 0) is 9.59 Å². The first kappa shape index (κ1) is 19.6. The molecule has 2 fully saturated rings. The first-order valence-corrected chi connectivity index (χ1v) is 9.30. The Hall–Kier alpha value is -0.740. The normalized spacial score (nSPS) is 50.3. The van der Waals surface area contributed by atoms with E-state index >= 15 is 0 Å². The quantitative estimate of drug-likeness (QED) is 0.829. The summed E-state index contributed by atoms with van der Waals surface area (Å²) >= 11 is 0. The number of hydrogen-bond donors (Lipinski definition) is 2. The van der Waals surface area contributed by atoms with E-state index in [1.54, 1.807) is 20.8 Å². The highest BCUT2D eigenvalue weighted by molar-refractivity contribution is 5.95. The van der Waals surface area contributed by atoms with Crippen LogP contribution in [0.1, 0.15) is 67.7 Å². The van der Waals surface area contributed by atoms with Gasteiger partial charge in [0.1, 0.15) is 11.4 Å². The van der Waals surface area contributed by atoms with Gasteiger partial charge in [0.15, 0.2) is 5.78 Å². The van der Waals surface area contributed by atoms with Crippen molar-refractivity contribution in [3.8, 4) is 0 Å². The average molecular weight is 338 g/mol. The maximum absolute atomic E-state index is 13.2. The molecule has 0 aromatic heterocycles. The molecule has 2 aliphatic carbocycles. The van der Waals surface area contributed by atoms with Crippen LogP contribution in [0, 0.1) is 35.0 Å². The van der Waals surface area contributed by atoms with Crippen LogP contribution in [0.15, 0.2) is 0 Å². The minimum atomic E-state index is -1.54. The summed E-state index contributed by atoms with van der Waals surface area (Å²) in [6, 6.07) is 0. The molecule has 0 aromatic carbocycles. The van der Waals surface area contributed by atoms with E-state index in [1.165, 1.54) is 0 Å². The number of aliphatic hydroxyl groups is 2. The highest BCUT2D eigenvalue weighted by atomic mass is 16.3. The Kier molecular flexibility index (Phi) is 4.82. The number of carbonyl (C=O) groups excluding carboxylic acids is 2. The molecule has 0 radical (unpaired) electrons. The standard InChI is InChI=1S/C20H34O4/c1-8-11(2)16-19(6,13(4)21)15-12(3)9-18(5,23)10-14(15)17(22)20(16,7)24/h11-12,14-16,23-24H,8-10H2,1-7H3/t11-,12-,14+,15+,16-,18-,19+,20+/m1/s1. The van der Waals surface area contributed by atoms with Crippen molar-refractivity contribution in [3.63, 3.8) is 0 Å². The Morgan fingerprint density at radius 1 is 1.25 bits per heavy atom. The van der Waals surface area contributed by atoms with Gasteiger partial charge in [0.2, 0.25) is 0 Å². The predicted octanol–water partition coefficient (Wildman–Crippen LogP) is 2.99. The summed E-state index contributed by atoms with van der Waals surface area (Å²) in [5.74, 6) is -1.01. The zero-order valence-corrected chi connectivity index (χ0v) is 16.2. The summed E-state index contributed by atoms with van der Waals surface area (Å²) < 4.78 is 0. The summed E-state index contributed by atoms with van der Waals surface area (Å²) in [6.45, 7) is 13.0. The second-order valence-corrected chi connectivity index (χ2v) is 9.23. The van der Waals surface area contributed by atoms with Gasteiger partial charge in [-0.2, -0.15) is 0 Å². The van der Waals surface area contributed by atoms with E-state index in [1.807, 2.05) is 27.7 Å². The van der Waals surface area contributed by atoms with Crippen LogP contribution >= 0.6 is 0 Å². The van der Waals surface area contributed by atoms with Crippen LogP contribution in [-0.4, -0.2) is 33.0 Å². The van der Waals surface area contributed by atoms with Crippen LogP contribution in [0.2, 0.25) is 0 Å². The summed E-state index contributed by atoms with van der Waals surface area (Å²) in [4.78, 5) is 26.0.